The first-order valence-corrected chi connectivity index (χ1v) is 7.79. The van der Waals surface area contributed by atoms with Crippen LogP contribution in [0.2, 0.25) is 0 Å². The van der Waals surface area contributed by atoms with E-state index in [1.165, 1.54) is 7.14 Å². The third-order valence-corrected chi connectivity index (χ3v) is 12.2. The molecule has 50 valence electrons. The predicted octanol–water partition coefficient (Wildman–Crippen LogP) is 2.87. The summed E-state index contributed by atoms with van der Waals surface area (Å²) in [7, 11) is 0. The van der Waals surface area contributed by atoms with Gasteiger partial charge in [-0.25, -0.2) is 0 Å². The minimum absolute atomic E-state index is 0.102. The Morgan fingerprint density at radius 1 is 1.11 bits per heavy atom. The first kappa shape index (κ1) is 9.55. The Balaban J connectivity index is 3.29. The number of hydrogen-bond donors (Lipinski definition) is 0. The number of aryl methyl sites for hydroxylation is 1. The van der Waals surface area contributed by atoms with E-state index in [1.54, 1.807) is 5.17 Å². The standard InChI is InChI=1S/C5H3I3Te/c1-2-3(6)4(7)5(8)9-2/h1H3. The van der Waals surface area contributed by atoms with Crippen LogP contribution in [0.3, 0.4) is 0 Å². The van der Waals surface area contributed by atoms with Crippen molar-refractivity contribution in [3.8, 4) is 0 Å². The van der Waals surface area contributed by atoms with Gasteiger partial charge in [0.25, 0.3) is 0 Å². The van der Waals surface area contributed by atoms with Crippen LogP contribution in [0, 0.1) is 15.7 Å². The predicted molar refractivity (Wildman–Crippen MR) is 66.3 cm³/mol. The van der Waals surface area contributed by atoms with Crippen molar-refractivity contribution in [2.75, 3.05) is 0 Å². The van der Waals surface area contributed by atoms with Gasteiger partial charge in [0.2, 0.25) is 0 Å². The Hall–Kier alpha value is 2.46. The Bertz CT molecular complexity index is 206. The van der Waals surface area contributed by atoms with E-state index in [4.69, 9.17) is 0 Å². The van der Waals surface area contributed by atoms with Gasteiger partial charge >= 0.3 is 107 Å². The van der Waals surface area contributed by atoms with Crippen LogP contribution in [-0.2, 0) is 0 Å². The van der Waals surface area contributed by atoms with E-state index in [0.29, 0.717) is 0 Å². The molecule has 0 N–H and O–H groups in total. The molecular formula is C5H3I3Te. The van der Waals surface area contributed by atoms with Crippen molar-refractivity contribution < 1.29 is 0 Å². The Labute approximate surface area is 105 Å². The first-order valence-electron chi connectivity index (χ1n) is 2.23. The van der Waals surface area contributed by atoms with Crippen LogP contribution in [-0.4, -0.2) is 20.4 Å². The molecule has 0 fully saturated rings. The summed E-state index contributed by atoms with van der Waals surface area (Å²) in [6.45, 7) is 2.26. The molecule has 0 radical (unpaired) electrons. The van der Waals surface area contributed by atoms with Gasteiger partial charge in [-0.1, -0.05) is 0 Å². The van der Waals surface area contributed by atoms with Gasteiger partial charge in [0.15, 0.2) is 0 Å². The van der Waals surface area contributed by atoms with Crippen molar-refractivity contribution >= 4 is 88.2 Å². The van der Waals surface area contributed by atoms with E-state index in [1.807, 2.05) is 0 Å². The maximum absolute atomic E-state index is 2.47. The summed E-state index contributed by atoms with van der Waals surface area (Å²) in [6.07, 6.45) is 0. The van der Waals surface area contributed by atoms with Crippen molar-refractivity contribution in [3.63, 3.8) is 0 Å². The molecule has 0 spiro atoms. The normalized spacial score (nSPS) is 10.2. The molecule has 0 saturated heterocycles. The maximum atomic E-state index is 2.47. The topological polar surface area (TPSA) is 0 Å². The molecule has 0 saturated carbocycles. The molecule has 0 amide bonds. The van der Waals surface area contributed by atoms with E-state index >= 15 is 0 Å². The van der Waals surface area contributed by atoms with Crippen molar-refractivity contribution in [2.45, 2.75) is 6.92 Å². The van der Waals surface area contributed by atoms with Crippen molar-refractivity contribution in [1.29, 1.82) is 0 Å². The second kappa shape index (κ2) is 3.92. The van der Waals surface area contributed by atoms with Gasteiger partial charge in [-0.2, -0.15) is 0 Å². The van der Waals surface area contributed by atoms with Crippen LogP contribution in [0.4, 0.5) is 0 Å². The summed E-state index contributed by atoms with van der Waals surface area (Å²) in [6, 6.07) is 0. The molecule has 1 aromatic rings. The van der Waals surface area contributed by atoms with E-state index in [9.17, 15) is 0 Å². The minimum atomic E-state index is 0.102. The molecule has 0 aliphatic carbocycles. The van der Waals surface area contributed by atoms with Crippen molar-refractivity contribution in [2.24, 2.45) is 0 Å². The third-order valence-electron chi connectivity index (χ3n) is 0.917. The van der Waals surface area contributed by atoms with Crippen LogP contribution in [0.1, 0.15) is 3.58 Å². The summed E-state index contributed by atoms with van der Waals surface area (Å²) in [5.41, 5.74) is 0. The summed E-state index contributed by atoms with van der Waals surface area (Å²) in [4.78, 5) is 0. The second-order valence-electron chi connectivity index (χ2n) is 1.56. The van der Waals surface area contributed by atoms with Crippen LogP contribution < -0.4 is 0 Å². The number of halogens is 3. The Morgan fingerprint density at radius 2 is 1.67 bits per heavy atom. The molecule has 0 aliphatic rings. The first-order chi connectivity index (χ1) is 4.13. The van der Waals surface area contributed by atoms with Crippen LogP contribution in [0.25, 0.3) is 0 Å². The number of hydrogen-bond acceptors (Lipinski definition) is 0. The summed E-state index contributed by atoms with van der Waals surface area (Å²) in [5, 5.41) is 0. The van der Waals surface area contributed by atoms with Gasteiger partial charge < -0.3 is 0 Å². The molecule has 0 aliphatic heterocycles. The van der Waals surface area contributed by atoms with Crippen molar-refractivity contribution in [1.82, 2.24) is 0 Å². The molecule has 1 rings (SSSR count). The van der Waals surface area contributed by atoms with Crippen LogP contribution in [0.5, 0.6) is 0 Å². The molecule has 1 heterocycles. The fourth-order valence-electron chi connectivity index (χ4n) is 0.465. The fourth-order valence-corrected chi connectivity index (χ4v) is 8.62. The van der Waals surface area contributed by atoms with Crippen LogP contribution >= 0.6 is 67.8 Å². The van der Waals surface area contributed by atoms with Crippen molar-refractivity contribution in [3.05, 3.63) is 12.3 Å². The SMILES string of the molecule is Cc1[te]c(I)c(I)c1I. The summed E-state index contributed by atoms with van der Waals surface area (Å²) in [5.74, 6) is 0. The van der Waals surface area contributed by atoms with Gasteiger partial charge in [0.1, 0.15) is 0 Å². The molecule has 0 aromatic carbocycles. The molecule has 0 unspecified atom stereocenters. The zero-order valence-electron chi connectivity index (χ0n) is 4.54. The Kier molecular flexibility index (Phi) is 4.15. The second-order valence-corrected chi connectivity index (χ2v) is 10.6. The molecule has 0 nitrogen and oxygen atoms in total. The molecular weight excluding hydrogens is 568 g/mol. The fraction of sp³-hybridized carbons (Fsp3) is 0.200. The van der Waals surface area contributed by atoms with E-state index in [0.717, 1.165) is 0 Å². The summed E-state index contributed by atoms with van der Waals surface area (Å²) >= 11 is 7.45. The monoisotopic (exact) mass is 574 g/mol. The Morgan fingerprint density at radius 3 is 1.78 bits per heavy atom. The zero-order chi connectivity index (χ0) is 7.02. The van der Waals surface area contributed by atoms with E-state index < -0.39 is 0 Å². The molecule has 9 heavy (non-hydrogen) atoms. The molecule has 1 aromatic heterocycles. The van der Waals surface area contributed by atoms with Gasteiger partial charge in [0.05, 0.1) is 0 Å². The van der Waals surface area contributed by atoms with Crippen LogP contribution in [0.15, 0.2) is 0 Å². The zero-order valence-corrected chi connectivity index (χ0v) is 13.3. The summed E-state index contributed by atoms with van der Waals surface area (Å²) < 4.78 is 6.30. The molecule has 0 bridgehead atoms. The van der Waals surface area contributed by atoms with Gasteiger partial charge in [0, 0.05) is 0 Å². The number of rotatable bonds is 0. The van der Waals surface area contributed by atoms with Gasteiger partial charge in [-0.3, -0.25) is 0 Å². The molecule has 0 atom stereocenters. The quantitative estimate of drug-likeness (QED) is 0.332. The molecule has 4 heteroatoms. The van der Waals surface area contributed by atoms with Gasteiger partial charge in [-0.15, -0.1) is 0 Å². The average molecular weight is 571 g/mol. The third kappa shape index (κ3) is 2.20. The van der Waals surface area contributed by atoms with Gasteiger partial charge in [-0.05, 0) is 0 Å². The van der Waals surface area contributed by atoms with E-state index in [2.05, 4.69) is 74.7 Å². The van der Waals surface area contributed by atoms with E-state index in [-0.39, 0.29) is 20.4 Å². The average Bonchev–Trinajstić information content (AvgIpc) is 1.98.